The number of nitrogens with zero attached hydrogens (tertiary/aromatic N) is 1. The van der Waals surface area contributed by atoms with Gasteiger partial charge in [-0.1, -0.05) is 46.3 Å². The number of halogens is 1. The van der Waals surface area contributed by atoms with Crippen molar-refractivity contribution in [3.8, 4) is 5.75 Å². The standard InChI is InChI=1S/C21H24BrNO3/c1-2-26-19-11-4-3-10-18(19)20(15-7-5-9-17(22)13-15)23-12-6-8-16(14-23)21(24)25/h3-5,7,9-11,13,16,20H,2,6,8,12,14H2,1H3,(H,24,25). The van der Waals surface area contributed by atoms with Crippen molar-refractivity contribution in [3.05, 3.63) is 64.1 Å². The molecule has 1 N–H and O–H groups in total. The van der Waals surface area contributed by atoms with E-state index in [-0.39, 0.29) is 12.0 Å². The lowest BCUT2D eigenvalue weighted by atomic mass is 9.91. The number of piperidine rings is 1. The molecule has 5 heteroatoms. The summed E-state index contributed by atoms with van der Waals surface area (Å²) in [4.78, 5) is 13.8. The van der Waals surface area contributed by atoms with E-state index in [1.807, 2.05) is 37.3 Å². The van der Waals surface area contributed by atoms with Crippen LogP contribution in [-0.2, 0) is 4.79 Å². The van der Waals surface area contributed by atoms with Gasteiger partial charge in [0.15, 0.2) is 0 Å². The first-order valence-corrected chi connectivity index (χ1v) is 9.83. The summed E-state index contributed by atoms with van der Waals surface area (Å²) in [6, 6.07) is 16.3. The van der Waals surface area contributed by atoms with Gasteiger partial charge in [-0.3, -0.25) is 9.69 Å². The second-order valence-electron chi connectivity index (χ2n) is 6.60. The van der Waals surface area contributed by atoms with Crippen molar-refractivity contribution in [2.45, 2.75) is 25.8 Å². The lowest BCUT2D eigenvalue weighted by molar-refractivity contribution is -0.143. The highest BCUT2D eigenvalue weighted by Gasteiger charge is 2.32. The number of carboxylic acid groups (broad SMARTS) is 1. The first kappa shape index (κ1) is 18.9. The molecule has 3 rings (SSSR count). The number of carboxylic acids is 1. The Labute approximate surface area is 162 Å². The molecule has 4 nitrogen and oxygen atoms in total. The van der Waals surface area contributed by atoms with E-state index in [1.54, 1.807) is 0 Å². The maximum absolute atomic E-state index is 11.6. The van der Waals surface area contributed by atoms with Crippen LogP contribution in [0.4, 0.5) is 0 Å². The van der Waals surface area contributed by atoms with Crippen LogP contribution in [0.25, 0.3) is 0 Å². The summed E-state index contributed by atoms with van der Waals surface area (Å²) >= 11 is 3.57. The molecule has 26 heavy (non-hydrogen) atoms. The summed E-state index contributed by atoms with van der Waals surface area (Å²) in [6.45, 7) is 4.00. The molecule has 0 bridgehead atoms. The number of para-hydroxylation sites is 1. The normalized spacial score (nSPS) is 19.1. The average Bonchev–Trinajstić information content (AvgIpc) is 2.64. The van der Waals surface area contributed by atoms with Gasteiger partial charge in [0.25, 0.3) is 0 Å². The zero-order valence-corrected chi connectivity index (χ0v) is 16.5. The van der Waals surface area contributed by atoms with Gasteiger partial charge in [-0.25, -0.2) is 0 Å². The molecule has 1 saturated heterocycles. The third kappa shape index (κ3) is 4.27. The van der Waals surface area contributed by atoms with Gasteiger partial charge in [0.05, 0.1) is 18.6 Å². The number of aliphatic carboxylic acids is 1. The molecule has 2 atom stereocenters. The van der Waals surface area contributed by atoms with Crippen LogP contribution in [0.15, 0.2) is 53.0 Å². The molecule has 0 radical (unpaired) electrons. The lowest BCUT2D eigenvalue weighted by Crippen LogP contribution is -2.41. The van der Waals surface area contributed by atoms with Crippen LogP contribution in [0.3, 0.4) is 0 Å². The predicted octanol–water partition coefficient (Wildman–Crippen LogP) is 4.73. The number of rotatable bonds is 6. The van der Waals surface area contributed by atoms with Crippen LogP contribution in [0.1, 0.15) is 36.9 Å². The molecule has 1 aliphatic rings. The van der Waals surface area contributed by atoms with Crippen LogP contribution in [0.2, 0.25) is 0 Å². The average molecular weight is 418 g/mol. The maximum Gasteiger partial charge on any atom is 0.307 e. The van der Waals surface area contributed by atoms with E-state index in [1.165, 1.54) is 0 Å². The highest BCUT2D eigenvalue weighted by Crippen LogP contribution is 2.37. The van der Waals surface area contributed by atoms with Crippen molar-refractivity contribution in [3.63, 3.8) is 0 Å². The van der Waals surface area contributed by atoms with Crippen molar-refractivity contribution in [1.29, 1.82) is 0 Å². The molecule has 1 aliphatic heterocycles. The van der Waals surface area contributed by atoms with E-state index in [2.05, 4.69) is 39.0 Å². The number of carbonyl (C=O) groups is 1. The molecule has 2 unspecified atom stereocenters. The van der Waals surface area contributed by atoms with E-state index in [9.17, 15) is 9.90 Å². The van der Waals surface area contributed by atoms with Crippen molar-refractivity contribution < 1.29 is 14.6 Å². The van der Waals surface area contributed by atoms with Crippen LogP contribution in [-0.4, -0.2) is 35.7 Å². The minimum atomic E-state index is -0.708. The van der Waals surface area contributed by atoms with Crippen LogP contribution in [0.5, 0.6) is 5.75 Å². The molecule has 0 aromatic heterocycles. The Kier molecular flexibility index (Phi) is 6.33. The van der Waals surface area contributed by atoms with Gasteiger partial charge in [-0.05, 0) is 50.1 Å². The van der Waals surface area contributed by atoms with Crippen molar-refractivity contribution >= 4 is 21.9 Å². The Balaban J connectivity index is 2.04. The quantitative estimate of drug-likeness (QED) is 0.737. The molecule has 1 heterocycles. The van der Waals surface area contributed by atoms with Crippen molar-refractivity contribution in [1.82, 2.24) is 4.90 Å². The fourth-order valence-electron chi connectivity index (χ4n) is 3.70. The van der Waals surface area contributed by atoms with E-state index in [0.717, 1.165) is 40.7 Å². The van der Waals surface area contributed by atoms with Gasteiger partial charge in [0.1, 0.15) is 5.75 Å². The van der Waals surface area contributed by atoms with Crippen molar-refractivity contribution in [2.24, 2.45) is 5.92 Å². The molecule has 2 aromatic carbocycles. The third-order valence-electron chi connectivity index (χ3n) is 4.85. The second-order valence-corrected chi connectivity index (χ2v) is 7.52. The number of ether oxygens (including phenoxy) is 1. The fourth-order valence-corrected chi connectivity index (χ4v) is 4.12. The van der Waals surface area contributed by atoms with Gasteiger partial charge >= 0.3 is 5.97 Å². The summed E-state index contributed by atoms with van der Waals surface area (Å²) in [5.41, 5.74) is 2.22. The maximum atomic E-state index is 11.6. The Morgan fingerprint density at radius 3 is 2.85 bits per heavy atom. The summed E-state index contributed by atoms with van der Waals surface area (Å²) in [5, 5.41) is 9.50. The van der Waals surface area contributed by atoms with Gasteiger partial charge < -0.3 is 9.84 Å². The Morgan fingerprint density at radius 2 is 2.12 bits per heavy atom. The van der Waals surface area contributed by atoms with Gasteiger partial charge in [-0.15, -0.1) is 0 Å². The van der Waals surface area contributed by atoms with Crippen LogP contribution in [0, 0.1) is 5.92 Å². The Bertz CT molecular complexity index is 764. The molecule has 138 valence electrons. The van der Waals surface area contributed by atoms with E-state index >= 15 is 0 Å². The second kappa shape index (κ2) is 8.69. The SMILES string of the molecule is CCOc1ccccc1C(c1cccc(Br)c1)N1CCCC(C(=O)O)C1. The smallest absolute Gasteiger partial charge is 0.307 e. The van der Waals surface area contributed by atoms with Crippen LogP contribution >= 0.6 is 15.9 Å². The van der Waals surface area contributed by atoms with E-state index < -0.39 is 5.97 Å². The Morgan fingerprint density at radius 1 is 1.31 bits per heavy atom. The Hall–Kier alpha value is -1.85. The third-order valence-corrected chi connectivity index (χ3v) is 5.34. The zero-order valence-electron chi connectivity index (χ0n) is 14.9. The van der Waals surface area contributed by atoms with Gasteiger partial charge in [-0.2, -0.15) is 0 Å². The highest BCUT2D eigenvalue weighted by atomic mass is 79.9. The fraction of sp³-hybridized carbons (Fsp3) is 0.381. The zero-order chi connectivity index (χ0) is 18.5. The minimum Gasteiger partial charge on any atom is -0.494 e. The molecule has 0 amide bonds. The number of hydrogen-bond acceptors (Lipinski definition) is 3. The molecule has 0 aliphatic carbocycles. The summed E-state index contributed by atoms with van der Waals surface area (Å²) in [5.74, 6) is -0.170. The van der Waals surface area contributed by atoms with E-state index in [4.69, 9.17) is 4.74 Å². The summed E-state index contributed by atoms with van der Waals surface area (Å²) < 4.78 is 6.89. The van der Waals surface area contributed by atoms with Crippen LogP contribution < -0.4 is 4.74 Å². The molecule has 1 fully saturated rings. The first-order chi connectivity index (χ1) is 12.6. The van der Waals surface area contributed by atoms with Gasteiger partial charge in [0, 0.05) is 16.6 Å². The number of benzene rings is 2. The molecule has 2 aromatic rings. The monoisotopic (exact) mass is 417 g/mol. The first-order valence-electron chi connectivity index (χ1n) is 9.04. The summed E-state index contributed by atoms with van der Waals surface area (Å²) in [6.07, 6.45) is 1.63. The largest absolute Gasteiger partial charge is 0.494 e. The summed E-state index contributed by atoms with van der Waals surface area (Å²) in [7, 11) is 0. The highest BCUT2D eigenvalue weighted by molar-refractivity contribution is 9.10. The lowest BCUT2D eigenvalue weighted by Gasteiger charge is -2.38. The minimum absolute atomic E-state index is 0.0302. The molecule has 0 spiro atoms. The number of hydrogen-bond donors (Lipinski definition) is 1. The van der Waals surface area contributed by atoms with E-state index in [0.29, 0.717) is 13.2 Å². The number of likely N-dealkylation sites (tertiary alicyclic amines) is 1. The molecular weight excluding hydrogens is 394 g/mol. The molecule has 0 saturated carbocycles. The predicted molar refractivity (Wildman–Crippen MR) is 106 cm³/mol. The van der Waals surface area contributed by atoms with Gasteiger partial charge in [0.2, 0.25) is 0 Å². The topological polar surface area (TPSA) is 49.8 Å². The van der Waals surface area contributed by atoms with Crippen molar-refractivity contribution in [2.75, 3.05) is 19.7 Å². The molecular formula is C21H24BrNO3.